The molecule has 0 aromatic heterocycles. The number of amides is 2. The first-order valence-corrected chi connectivity index (χ1v) is 2.73. The monoisotopic (exact) mass is 145 g/mol. The van der Waals surface area contributed by atoms with Crippen molar-refractivity contribution in [1.29, 1.82) is 0 Å². The molecule has 0 bridgehead atoms. The fraction of sp³-hybridized carbons (Fsp3) is 0.600. The summed E-state index contributed by atoms with van der Waals surface area (Å²) in [5.41, 5.74) is 0. The number of likely N-dealkylation sites (N-methyl/N-ethyl adjacent to an activating group) is 1. The zero-order chi connectivity index (χ0) is 7.89. The van der Waals surface area contributed by atoms with Crippen molar-refractivity contribution in [2.45, 2.75) is 12.2 Å². The second kappa shape index (κ2) is 2.03. The van der Waals surface area contributed by atoms with E-state index in [2.05, 4.69) is 0 Å². The molecule has 0 radical (unpaired) electrons. The van der Waals surface area contributed by atoms with E-state index in [9.17, 15) is 9.59 Å². The van der Waals surface area contributed by atoms with E-state index in [1.165, 1.54) is 7.05 Å². The van der Waals surface area contributed by atoms with E-state index >= 15 is 0 Å². The van der Waals surface area contributed by atoms with Crippen molar-refractivity contribution < 1.29 is 19.8 Å². The smallest absolute Gasteiger partial charge is 0.261 e. The first kappa shape index (κ1) is 7.17. The molecule has 0 unspecified atom stereocenters. The fourth-order valence-corrected chi connectivity index (χ4v) is 0.776. The average Bonchev–Trinajstić information content (AvgIpc) is 2.07. The molecule has 5 nitrogen and oxygen atoms in total. The molecule has 10 heavy (non-hydrogen) atoms. The van der Waals surface area contributed by atoms with Gasteiger partial charge in [0, 0.05) is 7.05 Å². The Morgan fingerprint density at radius 1 is 1.20 bits per heavy atom. The van der Waals surface area contributed by atoms with E-state index < -0.39 is 24.0 Å². The van der Waals surface area contributed by atoms with Crippen LogP contribution >= 0.6 is 0 Å². The largest absolute Gasteiger partial charge is 0.380 e. The van der Waals surface area contributed by atoms with Crippen molar-refractivity contribution in [2.75, 3.05) is 7.05 Å². The minimum absolute atomic E-state index is 0.704. The van der Waals surface area contributed by atoms with Crippen LogP contribution in [-0.2, 0) is 9.59 Å². The van der Waals surface area contributed by atoms with Crippen LogP contribution in [0, 0.1) is 0 Å². The Kier molecular flexibility index (Phi) is 1.46. The molecule has 1 heterocycles. The Morgan fingerprint density at radius 2 is 1.50 bits per heavy atom. The summed E-state index contributed by atoms with van der Waals surface area (Å²) in [7, 11) is 1.21. The lowest BCUT2D eigenvalue weighted by atomic mass is 10.2. The molecule has 1 fully saturated rings. The zero-order valence-electron chi connectivity index (χ0n) is 5.31. The number of carbonyl (C=O) groups is 2. The molecule has 1 aliphatic rings. The summed E-state index contributed by atoms with van der Waals surface area (Å²) < 4.78 is 0. The zero-order valence-corrected chi connectivity index (χ0v) is 5.31. The molecule has 2 atom stereocenters. The van der Waals surface area contributed by atoms with E-state index in [1.54, 1.807) is 0 Å². The molecule has 5 heteroatoms. The van der Waals surface area contributed by atoms with Gasteiger partial charge in [0.05, 0.1) is 0 Å². The van der Waals surface area contributed by atoms with Gasteiger partial charge in [-0.25, -0.2) is 0 Å². The van der Waals surface area contributed by atoms with Crippen LogP contribution in [-0.4, -0.2) is 46.2 Å². The normalized spacial score (nSPS) is 33.7. The molecule has 0 aromatic carbocycles. The predicted octanol–water partition coefficient (Wildman–Crippen LogP) is -2.29. The van der Waals surface area contributed by atoms with Gasteiger partial charge in [-0.3, -0.25) is 14.5 Å². The highest BCUT2D eigenvalue weighted by atomic mass is 16.4. The van der Waals surface area contributed by atoms with E-state index in [0.29, 0.717) is 4.90 Å². The summed E-state index contributed by atoms with van der Waals surface area (Å²) in [4.78, 5) is 21.9. The van der Waals surface area contributed by atoms with Crippen molar-refractivity contribution >= 4 is 11.8 Å². The van der Waals surface area contributed by atoms with Gasteiger partial charge in [0.25, 0.3) is 11.8 Å². The molecule has 1 aliphatic heterocycles. The first-order chi connectivity index (χ1) is 4.55. The molecule has 1 rings (SSSR count). The van der Waals surface area contributed by atoms with Gasteiger partial charge in [0.15, 0.2) is 12.2 Å². The van der Waals surface area contributed by atoms with E-state index in [1.807, 2.05) is 0 Å². The number of hydrogen-bond donors (Lipinski definition) is 2. The van der Waals surface area contributed by atoms with E-state index in [0.717, 1.165) is 0 Å². The third-order valence-electron chi connectivity index (χ3n) is 1.47. The third kappa shape index (κ3) is 0.714. The summed E-state index contributed by atoms with van der Waals surface area (Å²) in [6.07, 6.45) is -3.14. The Labute approximate surface area is 56.9 Å². The van der Waals surface area contributed by atoms with Crippen molar-refractivity contribution in [3.63, 3.8) is 0 Å². The highest BCUT2D eigenvalue weighted by Gasteiger charge is 2.43. The third-order valence-corrected chi connectivity index (χ3v) is 1.47. The van der Waals surface area contributed by atoms with Crippen molar-refractivity contribution in [3.8, 4) is 0 Å². The molecule has 2 N–H and O–H groups in total. The maximum Gasteiger partial charge on any atom is 0.261 e. The minimum atomic E-state index is -1.57. The lowest BCUT2D eigenvalue weighted by Crippen LogP contribution is -2.27. The minimum Gasteiger partial charge on any atom is -0.380 e. The number of aliphatic hydroxyl groups excluding tert-OH is 2. The topological polar surface area (TPSA) is 77.8 Å². The number of hydrogen-bond acceptors (Lipinski definition) is 4. The molecule has 0 saturated carbocycles. The quantitative estimate of drug-likeness (QED) is 0.376. The number of aliphatic hydroxyl groups is 2. The predicted molar refractivity (Wildman–Crippen MR) is 29.8 cm³/mol. The highest BCUT2D eigenvalue weighted by Crippen LogP contribution is 2.10. The van der Waals surface area contributed by atoms with Crippen LogP contribution in [0.1, 0.15) is 0 Å². The molecule has 0 spiro atoms. The summed E-state index contributed by atoms with van der Waals surface area (Å²) in [6, 6.07) is 0. The summed E-state index contributed by atoms with van der Waals surface area (Å²) >= 11 is 0. The highest BCUT2D eigenvalue weighted by molar-refractivity contribution is 6.07. The van der Waals surface area contributed by atoms with Crippen LogP contribution in [0.2, 0.25) is 0 Å². The van der Waals surface area contributed by atoms with Gasteiger partial charge in [-0.1, -0.05) is 0 Å². The first-order valence-electron chi connectivity index (χ1n) is 2.73. The second-order valence-electron chi connectivity index (χ2n) is 2.13. The number of rotatable bonds is 0. The van der Waals surface area contributed by atoms with Crippen LogP contribution < -0.4 is 0 Å². The molecular formula is C5H7NO4. The Morgan fingerprint density at radius 3 is 1.60 bits per heavy atom. The molecule has 2 amide bonds. The Bertz CT molecular complexity index is 170. The van der Waals surface area contributed by atoms with Crippen molar-refractivity contribution in [1.82, 2.24) is 4.90 Å². The van der Waals surface area contributed by atoms with E-state index in [-0.39, 0.29) is 0 Å². The van der Waals surface area contributed by atoms with Crippen LogP contribution in [0.4, 0.5) is 0 Å². The molecule has 1 saturated heterocycles. The van der Waals surface area contributed by atoms with Gasteiger partial charge in [-0.2, -0.15) is 0 Å². The average molecular weight is 145 g/mol. The number of carbonyl (C=O) groups excluding carboxylic acids is 2. The van der Waals surface area contributed by atoms with Gasteiger partial charge in [0.1, 0.15) is 0 Å². The van der Waals surface area contributed by atoms with Crippen LogP contribution in [0.15, 0.2) is 0 Å². The lowest BCUT2D eigenvalue weighted by Gasteiger charge is -2.02. The molecular weight excluding hydrogens is 138 g/mol. The summed E-state index contributed by atoms with van der Waals surface area (Å²) in [6.45, 7) is 0. The van der Waals surface area contributed by atoms with Crippen LogP contribution in [0.5, 0.6) is 0 Å². The van der Waals surface area contributed by atoms with Gasteiger partial charge in [-0.05, 0) is 0 Å². The number of imide groups is 1. The van der Waals surface area contributed by atoms with Crippen LogP contribution in [0.3, 0.4) is 0 Å². The van der Waals surface area contributed by atoms with Gasteiger partial charge in [-0.15, -0.1) is 0 Å². The van der Waals surface area contributed by atoms with Gasteiger partial charge >= 0.3 is 0 Å². The molecule has 56 valence electrons. The second-order valence-corrected chi connectivity index (χ2v) is 2.13. The lowest BCUT2D eigenvalue weighted by molar-refractivity contribution is -0.139. The van der Waals surface area contributed by atoms with Gasteiger partial charge < -0.3 is 10.2 Å². The maximum absolute atomic E-state index is 10.6. The standard InChI is InChI=1S/C5H7NO4/c1-6-4(9)2(7)3(8)5(6)10/h2-3,7-8H,1H3/t2-,3+. The van der Waals surface area contributed by atoms with Gasteiger partial charge in [0.2, 0.25) is 0 Å². The Balaban J connectivity index is 2.89. The summed E-state index contributed by atoms with van der Waals surface area (Å²) in [5, 5.41) is 17.5. The molecule has 0 aliphatic carbocycles. The number of likely N-dealkylation sites (tertiary alicyclic amines) is 1. The fourth-order valence-electron chi connectivity index (χ4n) is 0.776. The number of nitrogens with zero attached hydrogens (tertiary/aromatic N) is 1. The molecule has 0 aromatic rings. The maximum atomic E-state index is 10.6. The van der Waals surface area contributed by atoms with Crippen molar-refractivity contribution in [2.24, 2.45) is 0 Å². The SMILES string of the molecule is CN1C(=O)[C@@H](O)[C@@H](O)C1=O. The summed E-state index contributed by atoms with van der Waals surface area (Å²) in [5.74, 6) is -1.50. The van der Waals surface area contributed by atoms with Crippen molar-refractivity contribution in [3.05, 3.63) is 0 Å². The van der Waals surface area contributed by atoms with Crippen LogP contribution in [0.25, 0.3) is 0 Å². The Hall–Kier alpha value is -0.940. The van der Waals surface area contributed by atoms with E-state index in [4.69, 9.17) is 10.2 Å².